The van der Waals surface area contributed by atoms with E-state index < -0.39 is 0 Å². The molecule has 0 aromatic carbocycles. The molecular formula is C17H27NOS. The first-order chi connectivity index (χ1) is 9.26. The van der Waals surface area contributed by atoms with E-state index in [4.69, 9.17) is 4.98 Å². The highest BCUT2D eigenvalue weighted by Crippen LogP contribution is 2.47. The van der Waals surface area contributed by atoms with E-state index in [0.717, 1.165) is 17.7 Å². The van der Waals surface area contributed by atoms with Crippen LogP contribution in [0.4, 0.5) is 0 Å². The molecule has 112 valence electrons. The minimum Gasteiger partial charge on any atom is -0.387 e. The van der Waals surface area contributed by atoms with Crippen LogP contribution in [0, 0.1) is 10.8 Å². The van der Waals surface area contributed by atoms with Crippen LogP contribution < -0.4 is 0 Å². The Balaban J connectivity index is 1.81. The predicted molar refractivity (Wildman–Crippen MR) is 84.2 cm³/mol. The van der Waals surface area contributed by atoms with Gasteiger partial charge in [-0.25, -0.2) is 4.98 Å². The molecule has 3 heteroatoms. The molecule has 1 aromatic heterocycles. The van der Waals surface area contributed by atoms with Crippen LogP contribution in [0.1, 0.15) is 87.4 Å². The van der Waals surface area contributed by atoms with Gasteiger partial charge < -0.3 is 5.11 Å². The fraction of sp³-hybridized carbons (Fsp3) is 0.824. The third-order valence-electron chi connectivity index (χ3n) is 5.13. The Labute approximate surface area is 126 Å². The molecule has 1 N–H and O–H groups in total. The SMILES string of the molecule is CC1(C)CCC(c2nc3c(s2)C(O)CC(C)(C)C3)CC1. The van der Waals surface area contributed by atoms with Gasteiger partial charge in [-0.1, -0.05) is 27.7 Å². The van der Waals surface area contributed by atoms with Crippen molar-refractivity contribution in [1.82, 2.24) is 4.98 Å². The first-order valence-corrected chi connectivity index (χ1v) is 8.75. The van der Waals surface area contributed by atoms with Crippen molar-refractivity contribution >= 4 is 11.3 Å². The lowest BCUT2D eigenvalue weighted by Crippen LogP contribution is -2.24. The zero-order valence-electron chi connectivity index (χ0n) is 13.2. The van der Waals surface area contributed by atoms with Crippen molar-refractivity contribution in [2.75, 3.05) is 0 Å². The quantitative estimate of drug-likeness (QED) is 0.804. The van der Waals surface area contributed by atoms with Crippen LogP contribution >= 0.6 is 11.3 Å². The average molecular weight is 293 g/mol. The Bertz CT molecular complexity index is 493. The van der Waals surface area contributed by atoms with E-state index in [1.807, 2.05) is 0 Å². The number of aromatic nitrogens is 1. The van der Waals surface area contributed by atoms with Crippen LogP contribution in [0.3, 0.4) is 0 Å². The van der Waals surface area contributed by atoms with Gasteiger partial charge in [-0.3, -0.25) is 0 Å². The third kappa shape index (κ3) is 2.80. The molecule has 0 bridgehead atoms. The number of aliphatic hydroxyl groups excluding tert-OH is 1. The number of fused-ring (bicyclic) bond motifs is 1. The van der Waals surface area contributed by atoms with Gasteiger partial charge in [0.1, 0.15) is 0 Å². The molecule has 1 fully saturated rings. The Morgan fingerprint density at radius 3 is 2.40 bits per heavy atom. The van der Waals surface area contributed by atoms with Crippen molar-refractivity contribution in [3.05, 3.63) is 15.6 Å². The van der Waals surface area contributed by atoms with Gasteiger partial charge in [0.05, 0.1) is 21.7 Å². The fourth-order valence-corrected chi connectivity index (χ4v) is 4.97. The van der Waals surface area contributed by atoms with Crippen molar-refractivity contribution in [2.45, 2.75) is 78.2 Å². The molecular weight excluding hydrogens is 266 g/mol. The Kier molecular flexibility index (Phi) is 3.49. The topological polar surface area (TPSA) is 33.1 Å². The summed E-state index contributed by atoms with van der Waals surface area (Å²) in [4.78, 5) is 6.08. The van der Waals surface area contributed by atoms with Crippen LogP contribution in [0.15, 0.2) is 0 Å². The molecule has 1 aromatic rings. The van der Waals surface area contributed by atoms with E-state index >= 15 is 0 Å². The van der Waals surface area contributed by atoms with Crippen molar-refractivity contribution in [3.8, 4) is 0 Å². The van der Waals surface area contributed by atoms with Gasteiger partial charge in [-0.15, -0.1) is 11.3 Å². The van der Waals surface area contributed by atoms with Gasteiger partial charge in [0.2, 0.25) is 0 Å². The normalized spacial score (nSPS) is 29.1. The number of aliphatic hydroxyl groups is 1. The van der Waals surface area contributed by atoms with Gasteiger partial charge in [0.15, 0.2) is 0 Å². The maximum Gasteiger partial charge on any atom is 0.0963 e. The number of rotatable bonds is 1. The second kappa shape index (κ2) is 4.81. The summed E-state index contributed by atoms with van der Waals surface area (Å²) in [5.41, 5.74) is 1.87. The number of hydrogen-bond donors (Lipinski definition) is 1. The lowest BCUT2D eigenvalue weighted by molar-refractivity contribution is 0.102. The highest BCUT2D eigenvalue weighted by molar-refractivity contribution is 7.11. The zero-order valence-corrected chi connectivity index (χ0v) is 14.0. The Hall–Kier alpha value is -0.410. The highest BCUT2D eigenvalue weighted by atomic mass is 32.1. The molecule has 1 heterocycles. The molecule has 1 atom stereocenters. The molecule has 0 amide bonds. The van der Waals surface area contributed by atoms with Crippen LogP contribution in [0.5, 0.6) is 0 Å². The van der Waals surface area contributed by atoms with Crippen LogP contribution in [-0.4, -0.2) is 10.1 Å². The molecule has 0 spiro atoms. The second-order valence-electron chi connectivity index (χ2n) is 8.36. The largest absolute Gasteiger partial charge is 0.387 e. The molecule has 0 aliphatic heterocycles. The summed E-state index contributed by atoms with van der Waals surface area (Å²) in [7, 11) is 0. The van der Waals surface area contributed by atoms with E-state index in [1.165, 1.54) is 36.4 Å². The first kappa shape index (κ1) is 14.5. The maximum absolute atomic E-state index is 10.4. The highest BCUT2D eigenvalue weighted by Gasteiger charge is 2.36. The molecule has 2 aliphatic rings. The average Bonchev–Trinajstić information content (AvgIpc) is 2.71. The summed E-state index contributed by atoms with van der Waals surface area (Å²) >= 11 is 1.79. The van der Waals surface area contributed by atoms with Crippen LogP contribution in [0.25, 0.3) is 0 Å². The summed E-state index contributed by atoms with van der Waals surface area (Å²) in [5.74, 6) is 0.633. The first-order valence-electron chi connectivity index (χ1n) is 7.93. The van der Waals surface area contributed by atoms with Crippen molar-refractivity contribution < 1.29 is 5.11 Å². The summed E-state index contributed by atoms with van der Waals surface area (Å²) in [6, 6.07) is 0. The number of nitrogens with zero attached hydrogens (tertiary/aromatic N) is 1. The molecule has 3 rings (SSSR count). The molecule has 2 nitrogen and oxygen atoms in total. The smallest absolute Gasteiger partial charge is 0.0963 e. The van der Waals surface area contributed by atoms with Gasteiger partial charge in [-0.2, -0.15) is 0 Å². The predicted octanol–water partition coefficient (Wildman–Crippen LogP) is 4.83. The molecule has 1 saturated carbocycles. The minimum atomic E-state index is -0.292. The second-order valence-corrected chi connectivity index (χ2v) is 9.42. The molecule has 0 saturated heterocycles. The van der Waals surface area contributed by atoms with E-state index in [0.29, 0.717) is 11.3 Å². The standard InChI is InChI=1S/C17H27NOS/c1-16(2)7-5-11(6-8-16)15-18-12-9-17(3,4)10-13(19)14(12)20-15/h11,13,19H,5-10H2,1-4H3. The minimum absolute atomic E-state index is 0.187. The number of hydrogen-bond acceptors (Lipinski definition) is 3. The van der Waals surface area contributed by atoms with Gasteiger partial charge in [0, 0.05) is 5.92 Å². The van der Waals surface area contributed by atoms with E-state index in [2.05, 4.69) is 27.7 Å². The van der Waals surface area contributed by atoms with Crippen molar-refractivity contribution in [3.63, 3.8) is 0 Å². The third-order valence-corrected chi connectivity index (χ3v) is 6.49. The lowest BCUT2D eigenvalue weighted by atomic mass is 9.73. The van der Waals surface area contributed by atoms with Gasteiger partial charge in [0.25, 0.3) is 0 Å². The molecule has 1 unspecified atom stereocenters. The summed E-state index contributed by atoms with van der Waals surface area (Å²) < 4.78 is 0. The van der Waals surface area contributed by atoms with E-state index in [1.54, 1.807) is 11.3 Å². The fourth-order valence-electron chi connectivity index (χ4n) is 3.73. The monoisotopic (exact) mass is 293 g/mol. The van der Waals surface area contributed by atoms with Gasteiger partial charge >= 0.3 is 0 Å². The van der Waals surface area contributed by atoms with E-state index in [-0.39, 0.29) is 11.5 Å². The number of thiazole rings is 1. The van der Waals surface area contributed by atoms with Crippen molar-refractivity contribution in [2.24, 2.45) is 10.8 Å². The summed E-state index contributed by atoms with van der Waals surface area (Å²) in [6.07, 6.45) is 6.73. The van der Waals surface area contributed by atoms with E-state index in [9.17, 15) is 5.11 Å². The Morgan fingerprint density at radius 2 is 1.75 bits per heavy atom. The van der Waals surface area contributed by atoms with Crippen LogP contribution in [0.2, 0.25) is 0 Å². The zero-order chi connectivity index (χ0) is 14.5. The lowest BCUT2D eigenvalue weighted by Gasteiger charge is -2.33. The summed E-state index contributed by atoms with van der Waals surface area (Å²) in [6.45, 7) is 9.23. The molecule has 2 aliphatic carbocycles. The molecule has 20 heavy (non-hydrogen) atoms. The molecule has 0 radical (unpaired) electrons. The summed E-state index contributed by atoms with van der Waals surface area (Å²) in [5, 5.41) is 11.7. The Morgan fingerprint density at radius 1 is 1.10 bits per heavy atom. The van der Waals surface area contributed by atoms with Crippen LogP contribution in [-0.2, 0) is 6.42 Å². The van der Waals surface area contributed by atoms with Crippen molar-refractivity contribution in [1.29, 1.82) is 0 Å². The van der Waals surface area contributed by atoms with Gasteiger partial charge in [-0.05, 0) is 49.4 Å². The maximum atomic E-state index is 10.4.